The first kappa shape index (κ1) is 26.8. The van der Waals surface area contributed by atoms with Crippen molar-refractivity contribution >= 4 is 39.1 Å². The fourth-order valence-corrected chi connectivity index (χ4v) is 7.42. The Kier molecular flexibility index (Phi) is 6.55. The third-order valence-corrected chi connectivity index (χ3v) is 9.93. The molecule has 5 heteroatoms. The molecule has 2 amide bonds. The quantitative estimate of drug-likeness (QED) is 0.216. The number of benzene rings is 5. The number of rotatable bonds is 4. The summed E-state index contributed by atoms with van der Waals surface area (Å²) in [7, 11) is 0. The molecule has 5 aromatic rings. The molecular formula is C39H34N2O3. The van der Waals surface area contributed by atoms with Crippen molar-refractivity contribution in [3.05, 3.63) is 131 Å². The number of carbonyl (C=O) groups excluding carboxylic acids is 3. The van der Waals surface area contributed by atoms with Gasteiger partial charge in [0.05, 0.1) is 5.92 Å². The molecule has 1 aliphatic heterocycles. The first-order chi connectivity index (χ1) is 21.6. The van der Waals surface area contributed by atoms with Crippen LogP contribution in [0.1, 0.15) is 62.1 Å². The fraction of sp³-hybridized carbons (Fsp3) is 0.256. The summed E-state index contributed by atoms with van der Waals surface area (Å²) in [5.41, 5.74) is 4.61. The van der Waals surface area contributed by atoms with Gasteiger partial charge in [0.1, 0.15) is 0 Å². The van der Waals surface area contributed by atoms with E-state index in [1.165, 1.54) is 0 Å². The molecule has 2 fully saturated rings. The second-order valence-corrected chi connectivity index (χ2v) is 12.6. The smallest absolute Gasteiger partial charge is 0.253 e. The Morgan fingerprint density at radius 2 is 1.30 bits per heavy atom. The Bertz CT molecular complexity index is 1920. The number of ketones is 1. The molecule has 2 aliphatic carbocycles. The van der Waals surface area contributed by atoms with Gasteiger partial charge in [0.15, 0.2) is 5.78 Å². The largest absolute Gasteiger partial charge is 0.339 e. The van der Waals surface area contributed by atoms with Gasteiger partial charge in [-0.15, -0.1) is 0 Å². The number of fused-ring (bicyclic) bond motifs is 5. The van der Waals surface area contributed by atoms with Crippen LogP contribution in [0.4, 0.5) is 0 Å². The zero-order valence-electron chi connectivity index (χ0n) is 24.6. The molecule has 0 radical (unpaired) electrons. The van der Waals surface area contributed by atoms with Gasteiger partial charge in [-0.2, -0.15) is 0 Å². The maximum atomic E-state index is 14.6. The van der Waals surface area contributed by atoms with Crippen molar-refractivity contribution in [2.24, 2.45) is 5.92 Å². The predicted molar refractivity (Wildman–Crippen MR) is 173 cm³/mol. The van der Waals surface area contributed by atoms with Crippen molar-refractivity contribution in [1.82, 2.24) is 9.80 Å². The molecule has 5 aromatic carbocycles. The van der Waals surface area contributed by atoms with Gasteiger partial charge in [0.25, 0.3) is 5.91 Å². The minimum absolute atomic E-state index is 0.00672. The summed E-state index contributed by atoms with van der Waals surface area (Å²) in [4.78, 5) is 44.3. The summed E-state index contributed by atoms with van der Waals surface area (Å²) in [6.45, 7) is 2.29. The highest BCUT2D eigenvalue weighted by molar-refractivity contribution is 6.18. The maximum Gasteiger partial charge on any atom is 0.253 e. The highest BCUT2D eigenvalue weighted by atomic mass is 16.2. The van der Waals surface area contributed by atoms with Crippen LogP contribution < -0.4 is 0 Å². The van der Waals surface area contributed by atoms with E-state index in [1.807, 2.05) is 64.4 Å². The van der Waals surface area contributed by atoms with Gasteiger partial charge in [0, 0.05) is 49.1 Å². The average molecular weight is 579 g/mol. The Morgan fingerprint density at radius 3 is 2.05 bits per heavy atom. The van der Waals surface area contributed by atoms with Crippen molar-refractivity contribution in [3.63, 3.8) is 0 Å². The Balaban J connectivity index is 1.12. The summed E-state index contributed by atoms with van der Waals surface area (Å²) in [5.74, 6) is 0.200. The highest BCUT2D eigenvalue weighted by Crippen LogP contribution is 2.45. The van der Waals surface area contributed by atoms with Gasteiger partial charge in [-0.05, 0) is 69.6 Å². The molecule has 2 atom stereocenters. The monoisotopic (exact) mass is 578 g/mol. The van der Waals surface area contributed by atoms with Gasteiger partial charge < -0.3 is 9.80 Å². The van der Waals surface area contributed by atoms with Crippen molar-refractivity contribution in [1.29, 1.82) is 0 Å². The molecule has 0 N–H and O–H groups in total. The van der Waals surface area contributed by atoms with Gasteiger partial charge in [-0.25, -0.2) is 0 Å². The second-order valence-electron chi connectivity index (χ2n) is 12.6. The lowest BCUT2D eigenvalue weighted by Gasteiger charge is -2.35. The van der Waals surface area contributed by atoms with Crippen molar-refractivity contribution in [2.75, 3.05) is 26.2 Å². The van der Waals surface area contributed by atoms with Gasteiger partial charge in [-0.1, -0.05) is 91.0 Å². The van der Waals surface area contributed by atoms with Crippen LogP contribution in [0.5, 0.6) is 0 Å². The molecule has 1 saturated heterocycles. The minimum atomic E-state index is -0.358. The van der Waals surface area contributed by atoms with E-state index in [0.29, 0.717) is 31.7 Å². The maximum absolute atomic E-state index is 14.6. The molecule has 1 heterocycles. The molecule has 8 rings (SSSR count). The van der Waals surface area contributed by atoms with E-state index >= 15 is 0 Å². The van der Waals surface area contributed by atoms with Crippen molar-refractivity contribution in [2.45, 2.75) is 31.1 Å². The fourth-order valence-electron chi connectivity index (χ4n) is 7.42. The lowest BCUT2D eigenvalue weighted by molar-refractivity contribution is -0.134. The summed E-state index contributed by atoms with van der Waals surface area (Å²) in [6, 6.07) is 34.9. The predicted octanol–water partition coefficient (Wildman–Crippen LogP) is 6.99. The Labute approximate surface area is 257 Å². The zero-order valence-corrected chi connectivity index (χ0v) is 24.6. The van der Waals surface area contributed by atoms with Gasteiger partial charge in [-0.3, -0.25) is 14.4 Å². The SMILES string of the molecule is O=C1c2c(ccc3c2ccc2ccccc23)CC(c2ccccc2)C1c1ccc(C(=O)N2CCN(C(=O)C3CC3)CC2)cc1. The average Bonchev–Trinajstić information content (AvgIpc) is 3.94. The number of hydrogen-bond donors (Lipinski definition) is 0. The van der Waals surface area contributed by atoms with E-state index in [0.717, 1.165) is 63.1 Å². The Morgan fingerprint density at radius 1 is 0.614 bits per heavy atom. The van der Waals surface area contributed by atoms with Crippen LogP contribution in [-0.2, 0) is 11.2 Å². The number of hydrogen-bond acceptors (Lipinski definition) is 3. The molecule has 2 unspecified atom stereocenters. The van der Waals surface area contributed by atoms with E-state index in [2.05, 4.69) is 48.5 Å². The summed E-state index contributed by atoms with van der Waals surface area (Å²) < 4.78 is 0. The van der Waals surface area contributed by atoms with Crippen molar-refractivity contribution in [3.8, 4) is 0 Å². The highest BCUT2D eigenvalue weighted by Gasteiger charge is 2.39. The Hall–Kier alpha value is -4.77. The number of nitrogens with zero attached hydrogens (tertiary/aromatic N) is 2. The normalized spacial score (nSPS) is 20.1. The summed E-state index contributed by atoms with van der Waals surface area (Å²) in [6.07, 6.45) is 2.76. The number of amides is 2. The van der Waals surface area contributed by atoms with E-state index in [4.69, 9.17) is 0 Å². The molecular weight excluding hydrogens is 544 g/mol. The van der Waals surface area contributed by atoms with E-state index in [-0.39, 0.29) is 35.4 Å². The lowest BCUT2D eigenvalue weighted by Crippen LogP contribution is -2.51. The van der Waals surface area contributed by atoms with Crippen LogP contribution in [0, 0.1) is 5.92 Å². The molecule has 3 aliphatic rings. The summed E-state index contributed by atoms with van der Waals surface area (Å²) in [5, 5.41) is 4.43. The van der Waals surface area contributed by atoms with Gasteiger partial charge in [0.2, 0.25) is 5.91 Å². The van der Waals surface area contributed by atoms with E-state index < -0.39 is 0 Å². The molecule has 44 heavy (non-hydrogen) atoms. The lowest BCUT2D eigenvalue weighted by atomic mass is 9.68. The first-order valence-corrected chi connectivity index (χ1v) is 15.8. The number of piperazine rings is 1. The number of carbonyl (C=O) groups is 3. The van der Waals surface area contributed by atoms with Crippen LogP contribution in [-0.4, -0.2) is 53.6 Å². The topological polar surface area (TPSA) is 57.7 Å². The van der Waals surface area contributed by atoms with Crippen LogP contribution >= 0.6 is 0 Å². The van der Waals surface area contributed by atoms with Crippen LogP contribution in [0.2, 0.25) is 0 Å². The number of Topliss-reactive ketones (excluding diaryl/α,β-unsaturated/α-hetero) is 1. The van der Waals surface area contributed by atoms with Gasteiger partial charge >= 0.3 is 0 Å². The third kappa shape index (κ3) is 4.59. The molecule has 0 bridgehead atoms. The molecule has 5 nitrogen and oxygen atoms in total. The van der Waals surface area contributed by atoms with E-state index in [9.17, 15) is 14.4 Å². The molecule has 218 valence electrons. The van der Waals surface area contributed by atoms with Crippen LogP contribution in [0.3, 0.4) is 0 Å². The second kappa shape index (κ2) is 10.7. The van der Waals surface area contributed by atoms with E-state index in [1.54, 1.807) is 0 Å². The molecule has 0 aromatic heterocycles. The zero-order chi connectivity index (χ0) is 29.8. The summed E-state index contributed by atoms with van der Waals surface area (Å²) >= 11 is 0. The molecule has 0 spiro atoms. The minimum Gasteiger partial charge on any atom is -0.339 e. The molecule has 1 saturated carbocycles. The first-order valence-electron chi connectivity index (χ1n) is 15.8. The van der Waals surface area contributed by atoms with Crippen molar-refractivity contribution < 1.29 is 14.4 Å². The standard InChI is InChI=1S/C39H34N2O3/c42-37-35(27-10-12-28(13-11-27)38(43)40-20-22-41(23-21-40)39(44)29-14-15-29)34(25-6-2-1-3-7-25)24-30-17-18-32-31-9-5-4-8-26(31)16-19-33(32)36(30)37/h1-13,16-19,29,34-35H,14-15,20-24H2. The third-order valence-electron chi connectivity index (χ3n) is 9.93. The van der Waals surface area contributed by atoms with Crippen LogP contribution in [0.25, 0.3) is 21.5 Å². The van der Waals surface area contributed by atoms with Crippen LogP contribution in [0.15, 0.2) is 103 Å².